The van der Waals surface area contributed by atoms with Crippen LogP contribution in [0.15, 0.2) is 0 Å². The van der Waals surface area contributed by atoms with E-state index in [1.165, 1.54) is 0 Å². The number of hydrogen-bond donors (Lipinski definition) is 1. The molecule has 0 saturated carbocycles. The molecule has 0 rings (SSSR count). The topological polar surface area (TPSA) is 74.2 Å². The van der Waals surface area contributed by atoms with Crippen molar-refractivity contribution in [3.63, 3.8) is 0 Å². The minimum atomic E-state index is -4.97. The number of esters is 1. The van der Waals surface area contributed by atoms with Crippen molar-refractivity contribution >= 4 is 5.97 Å². The molecule has 0 aliphatic carbocycles. The summed E-state index contributed by atoms with van der Waals surface area (Å²) >= 11 is 0. The van der Waals surface area contributed by atoms with Crippen LogP contribution in [0.2, 0.25) is 0 Å². The standard InChI is InChI=1S/C10H17F3O6/c11-10(12,13)9(15)19-8-7-18-6-5-17-4-3-16-2-1-14/h14H,1-8H2. The minimum Gasteiger partial charge on any atom is -0.457 e. The normalized spacial score (nSPS) is 11.6. The van der Waals surface area contributed by atoms with Gasteiger partial charge in [0.1, 0.15) is 6.61 Å². The molecule has 0 unspecified atom stereocenters. The maximum atomic E-state index is 11.7. The summed E-state index contributed by atoms with van der Waals surface area (Å²) in [5.74, 6) is -2.23. The van der Waals surface area contributed by atoms with Crippen molar-refractivity contribution in [1.82, 2.24) is 0 Å². The Morgan fingerprint density at radius 2 is 1.26 bits per heavy atom. The molecule has 9 heteroatoms. The summed E-state index contributed by atoms with van der Waals surface area (Å²) in [7, 11) is 0. The molecule has 0 fully saturated rings. The summed E-state index contributed by atoms with van der Waals surface area (Å²) in [6.07, 6.45) is -4.97. The van der Waals surface area contributed by atoms with Gasteiger partial charge in [0.05, 0.1) is 46.2 Å². The van der Waals surface area contributed by atoms with Crippen LogP contribution in [0.4, 0.5) is 13.2 Å². The Morgan fingerprint density at radius 3 is 1.68 bits per heavy atom. The van der Waals surface area contributed by atoms with Crippen molar-refractivity contribution in [1.29, 1.82) is 0 Å². The average molecular weight is 290 g/mol. The van der Waals surface area contributed by atoms with E-state index in [2.05, 4.69) is 4.74 Å². The number of ether oxygens (including phenoxy) is 4. The van der Waals surface area contributed by atoms with Crippen LogP contribution in [0.5, 0.6) is 0 Å². The first-order valence-corrected chi connectivity index (χ1v) is 5.56. The average Bonchev–Trinajstić information content (AvgIpc) is 2.34. The predicted molar refractivity (Wildman–Crippen MR) is 56.6 cm³/mol. The van der Waals surface area contributed by atoms with Gasteiger partial charge in [0.15, 0.2) is 0 Å². The Kier molecular flexibility index (Phi) is 10.5. The molecule has 0 aromatic heterocycles. The summed E-state index contributed by atoms with van der Waals surface area (Å²) in [4.78, 5) is 10.3. The van der Waals surface area contributed by atoms with Crippen LogP contribution < -0.4 is 0 Å². The zero-order valence-electron chi connectivity index (χ0n) is 10.3. The highest BCUT2D eigenvalue weighted by molar-refractivity contribution is 5.75. The summed E-state index contributed by atoms with van der Waals surface area (Å²) < 4.78 is 53.8. The highest BCUT2D eigenvalue weighted by Crippen LogP contribution is 2.15. The molecule has 0 radical (unpaired) electrons. The number of carbonyl (C=O) groups excluding carboxylic acids is 1. The van der Waals surface area contributed by atoms with Crippen molar-refractivity contribution in [2.45, 2.75) is 6.18 Å². The van der Waals surface area contributed by atoms with E-state index < -0.39 is 18.8 Å². The van der Waals surface area contributed by atoms with Crippen LogP contribution in [0.25, 0.3) is 0 Å². The lowest BCUT2D eigenvalue weighted by atomic mass is 10.6. The number of alkyl halides is 3. The van der Waals surface area contributed by atoms with E-state index in [1.807, 2.05) is 0 Å². The Bertz CT molecular complexity index is 234. The number of carbonyl (C=O) groups is 1. The van der Waals surface area contributed by atoms with E-state index in [-0.39, 0.29) is 33.0 Å². The largest absolute Gasteiger partial charge is 0.490 e. The second-order valence-electron chi connectivity index (χ2n) is 3.19. The first-order chi connectivity index (χ1) is 8.98. The lowest BCUT2D eigenvalue weighted by Gasteiger charge is -2.08. The summed E-state index contributed by atoms with van der Waals surface area (Å²) in [6, 6.07) is 0. The second-order valence-corrected chi connectivity index (χ2v) is 3.19. The molecule has 114 valence electrons. The van der Waals surface area contributed by atoms with E-state index in [0.717, 1.165) is 0 Å². The third-order valence-corrected chi connectivity index (χ3v) is 1.67. The fourth-order valence-electron chi connectivity index (χ4n) is 0.882. The van der Waals surface area contributed by atoms with Crippen molar-refractivity contribution in [2.24, 2.45) is 0 Å². The monoisotopic (exact) mass is 290 g/mol. The third-order valence-electron chi connectivity index (χ3n) is 1.67. The van der Waals surface area contributed by atoms with Gasteiger partial charge in [0.25, 0.3) is 0 Å². The molecule has 0 aromatic carbocycles. The van der Waals surface area contributed by atoms with Gasteiger partial charge >= 0.3 is 12.1 Å². The lowest BCUT2D eigenvalue weighted by molar-refractivity contribution is -0.200. The second kappa shape index (κ2) is 11.0. The molecule has 6 nitrogen and oxygen atoms in total. The van der Waals surface area contributed by atoms with Gasteiger partial charge in [-0.2, -0.15) is 13.2 Å². The Hall–Kier alpha value is -0.900. The molecule has 0 saturated heterocycles. The van der Waals surface area contributed by atoms with Crippen molar-refractivity contribution < 1.29 is 42.0 Å². The van der Waals surface area contributed by atoms with Gasteiger partial charge in [-0.15, -0.1) is 0 Å². The zero-order valence-corrected chi connectivity index (χ0v) is 10.3. The zero-order chi connectivity index (χ0) is 14.6. The molecule has 0 aromatic rings. The first kappa shape index (κ1) is 18.1. The fraction of sp³-hybridized carbons (Fsp3) is 0.900. The number of aliphatic hydroxyl groups excluding tert-OH is 1. The molecule has 0 atom stereocenters. The van der Waals surface area contributed by atoms with Gasteiger partial charge < -0.3 is 24.1 Å². The predicted octanol–water partition coefficient (Wildman–Crippen LogP) is 0.134. The van der Waals surface area contributed by atoms with Crippen LogP contribution in [0, 0.1) is 0 Å². The number of aliphatic hydroxyl groups is 1. The maximum absolute atomic E-state index is 11.7. The van der Waals surface area contributed by atoms with E-state index in [0.29, 0.717) is 13.2 Å². The Balaban J connectivity index is 3.17. The van der Waals surface area contributed by atoms with Gasteiger partial charge in [-0.1, -0.05) is 0 Å². The third kappa shape index (κ3) is 11.9. The molecule has 0 bridgehead atoms. The molecule has 0 spiro atoms. The molecule has 19 heavy (non-hydrogen) atoms. The molecule has 0 amide bonds. The molecular formula is C10H17F3O6. The number of rotatable bonds is 11. The van der Waals surface area contributed by atoms with E-state index >= 15 is 0 Å². The molecule has 0 aliphatic rings. The lowest BCUT2D eigenvalue weighted by Crippen LogP contribution is -2.26. The first-order valence-electron chi connectivity index (χ1n) is 5.56. The van der Waals surface area contributed by atoms with Crippen LogP contribution in [0.1, 0.15) is 0 Å². The van der Waals surface area contributed by atoms with Crippen molar-refractivity contribution in [3.8, 4) is 0 Å². The SMILES string of the molecule is O=C(OCCOCCOCCOCCO)C(F)(F)F. The highest BCUT2D eigenvalue weighted by Gasteiger charge is 2.40. The highest BCUT2D eigenvalue weighted by atomic mass is 19.4. The van der Waals surface area contributed by atoms with Crippen LogP contribution in [0.3, 0.4) is 0 Å². The molecular weight excluding hydrogens is 273 g/mol. The van der Waals surface area contributed by atoms with Crippen molar-refractivity contribution in [2.75, 3.05) is 52.9 Å². The maximum Gasteiger partial charge on any atom is 0.490 e. The number of halogens is 3. The molecule has 1 N–H and O–H groups in total. The Morgan fingerprint density at radius 1 is 0.842 bits per heavy atom. The smallest absolute Gasteiger partial charge is 0.457 e. The van der Waals surface area contributed by atoms with Gasteiger partial charge in [-0.25, -0.2) is 4.79 Å². The summed E-state index contributed by atoms with van der Waals surface area (Å²) in [5, 5.41) is 8.39. The number of hydrogen-bond acceptors (Lipinski definition) is 6. The van der Waals surface area contributed by atoms with E-state index in [1.54, 1.807) is 0 Å². The Labute approximate surface area is 108 Å². The van der Waals surface area contributed by atoms with Crippen LogP contribution in [-0.2, 0) is 23.7 Å². The summed E-state index contributed by atoms with van der Waals surface area (Å²) in [6.45, 7) is 0.670. The van der Waals surface area contributed by atoms with Crippen LogP contribution in [-0.4, -0.2) is 70.1 Å². The van der Waals surface area contributed by atoms with Gasteiger partial charge in [0, 0.05) is 0 Å². The van der Waals surface area contributed by atoms with Gasteiger partial charge in [-0.05, 0) is 0 Å². The fourth-order valence-corrected chi connectivity index (χ4v) is 0.882. The van der Waals surface area contributed by atoms with E-state index in [9.17, 15) is 18.0 Å². The van der Waals surface area contributed by atoms with Gasteiger partial charge in [0.2, 0.25) is 0 Å². The van der Waals surface area contributed by atoms with E-state index in [4.69, 9.17) is 19.3 Å². The van der Waals surface area contributed by atoms with Crippen molar-refractivity contribution in [3.05, 3.63) is 0 Å². The molecule has 0 aliphatic heterocycles. The minimum absolute atomic E-state index is 0.0558. The van der Waals surface area contributed by atoms with Crippen LogP contribution >= 0.6 is 0 Å². The van der Waals surface area contributed by atoms with Gasteiger partial charge in [-0.3, -0.25) is 0 Å². The quantitative estimate of drug-likeness (QED) is 0.431. The molecule has 0 heterocycles. The summed E-state index contributed by atoms with van der Waals surface area (Å²) in [5.41, 5.74) is 0.